The molecule has 3 nitrogen and oxygen atoms in total. The molecule has 0 aromatic heterocycles. The molecule has 3 rings (SSSR count). The number of fused-ring (bicyclic) bond motifs is 1. The fraction of sp³-hybridized carbons (Fsp3) is 0.647. The number of nitrogens with one attached hydrogen (secondary N) is 1. The molecule has 20 heavy (non-hydrogen) atoms. The number of nitrogens with zero attached hydrogens (tertiary/aromatic N) is 2. The molecule has 0 spiro atoms. The number of likely N-dealkylation sites (N-methyl/N-ethyl adjacent to an activating group) is 2. The summed E-state index contributed by atoms with van der Waals surface area (Å²) in [7, 11) is 4.55. The van der Waals surface area contributed by atoms with Gasteiger partial charge in [0.2, 0.25) is 0 Å². The molecule has 0 radical (unpaired) electrons. The minimum atomic E-state index is 0.738. The predicted octanol–water partition coefficient (Wildman–Crippen LogP) is 2.30. The summed E-state index contributed by atoms with van der Waals surface area (Å²) >= 11 is 0. The van der Waals surface area contributed by atoms with Gasteiger partial charge in [0.15, 0.2) is 0 Å². The second kappa shape index (κ2) is 6.15. The van der Waals surface area contributed by atoms with Gasteiger partial charge in [-0.15, -0.1) is 0 Å². The number of rotatable bonds is 4. The lowest BCUT2D eigenvalue weighted by Crippen LogP contribution is -2.40. The molecule has 0 amide bonds. The molecule has 2 aliphatic heterocycles. The quantitative estimate of drug-likeness (QED) is 0.908. The van der Waals surface area contributed by atoms with E-state index in [2.05, 4.69) is 53.5 Å². The molecular formula is C17H27N3. The van der Waals surface area contributed by atoms with Crippen LogP contribution >= 0.6 is 0 Å². The van der Waals surface area contributed by atoms with E-state index in [0.29, 0.717) is 0 Å². The minimum absolute atomic E-state index is 0.738. The van der Waals surface area contributed by atoms with Crippen LogP contribution in [0.2, 0.25) is 0 Å². The summed E-state index contributed by atoms with van der Waals surface area (Å²) in [6.45, 7) is 4.80. The Hall–Kier alpha value is -1.06. The van der Waals surface area contributed by atoms with E-state index in [1.54, 1.807) is 0 Å². The average molecular weight is 273 g/mol. The van der Waals surface area contributed by atoms with E-state index < -0.39 is 0 Å². The lowest BCUT2D eigenvalue weighted by molar-refractivity contribution is 0.200. The second-order valence-electron chi connectivity index (χ2n) is 6.61. The number of para-hydroxylation sites is 1. The smallest absolute Gasteiger partial charge is 0.0372 e. The van der Waals surface area contributed by atoms with Crippen molar-refractivity contribution in [3.8, 4) is 0 Å². The van der Waals surface area contributed by atoms with Crippen molar-refractivity contribution in [1.29, 1.82) is 0 Å². The van der Waals surface area contributed by atoms with Gasteiger partial charge in [0.05, 0.1) is 0 Å². The maximum absolute atomic E-state index is 3.58. The summed E-state index contributed by atoms with van der Waals surface area (Å²) in [6.07, 6.45) is 3.95. The monoisotopic (exact) mass is 273 g/mol. The van der Waals surface area contributed by atoms with E-state index in [-0.39, 0.29) is 0 Å². The van der Waals surface area contributed by atoms with Gasteiger partial charge < -0.3 is 15.1 Å². The molecule has 0 aliphatic carbocycles. The van der Waals surface area contributed by atoms with E-state index >= 15 is 0 Å². The summed E-state index contributed by atoms with van der Waals surface area (Å²) in [5.41, 5.74) is 2.82. The highest BCUT2D eigenvalue weighted by molar-refractivity contribution is 5.53. The Morgan fingerprint density at radius 1 is 1.30 bits per heavy atom. The molecule has 2 aliphatic rings. The Kier molecular flexibility index (Phi) is 4.27. The number of hydrogen-bond donors (Lipinski definition) is 1. The van der Waals surface area contributed by atoms with Crippen LogP contribution < -0.4 is 5.32 Å². The van der Waals surface area contributed by atoms with E-state index in [4.69, 9.17) is 0 Å². The molecule has 0 bridgehead atoms. The van der Waals surface area contributed by atoms with Gasteiger partial charge in [0.1, 0.15) is 0 Å². The zero-order chi connectivity index (χ0) is 13.9. The number of likely N-dealkylation sites (tertiary alicyclic amines) is 1. The molecule has 110 valence electrons. The van der Waals surface area contributed by atoms with Crippen molar-refractivity contribution in [2.45, 2.75) is 25.3 Å². The molecule has 1 fully saturated rings. The first kappa shape index (κ1) is 13.9. The standard InChI is InChI=1S/C17H27N3/c1-19(13-16-7-5-9-20(16)2)12-14-10-15-6-3-4-8-17(15)18-11-14/h3-4,6,8,14,16,18H,5,7,9-13H2,1-2H3. The first-order valence-corrected chi connectivity index (χ1v) is 7.93. The van der Waals surface area contributed by atoms with Crippen molar-refractivity contribution in [2.24, 2.45) is 5.92 Å². The third-order valence-corrected chi connectivity index (χ3v) is 4.87. The number of anilines is 1. The van der Waals surface area contributed by atoms with Crippen molar-refractivity contribution in [2.75, 3.05) is 45.6 Å². The van der Waals surface area contributed by atoms with E-state index in [9.17, 15) is 0 Å². The van der Waals surface area contributed by atoms with Crippen LogP contribution in [0.5, 0.6) is 0 Å². The molecule has 2 unspecified atom stereocenters. The van der Waals surface area contributed by atoms with Gasteiger partial charge in [-0.3, -0.25) is 0 Å². The molecule has 2 heterocycles. The topological polar surface area (TPSA) is 18.5 Å². The maximum atomic E-state index is 3.58. The molecule has 1 saturated heterocycles. The van der Waals surface area contributed by atoms with Gasteiger partial charge in [-0.1, -0.05) is 18.2 Å². The SMILES string of the molecule is CN(CC1CNc2ccccc2C1)CC1CCCN1C. The lowest BCUT2D eigenvalue weighted by Gasteiger charge is -2.32. The van der Waals surface area contributed by atoms with Crippen LogP contribution in [0.25, 0.3) is 0 Å². The lowest BCUT2D eigenvalue weighted by atomic mass is 9.93. The van der Waals surface area contributed by atoms with Crippen molar-refractivity contribution in [3.63, 3.8) is 0 Å². The summed E-state index contributed by atoms with van der Waals surface area (Å²) in [5, 5.41) is 3.58. The van der Waals surface area contributed by atoms with Gasteiger partial charge in [0, 0.05) is 31.4 Å². The van der Waals surface area contributed by atoms with Gasteiger partial charge in [-0.2, -0.15) is 0 Å². The Morgan fingerprint density at radius 3 is 2.95 bits per heavy atom. The van der Waals surface area contributed by atoms with E-state index in [0.717, 1.165) is 18.5 Å². The minimum Gasteiger partial charge on any atom is -0.384 e. The van der Waals surface area contributed by atoms with Gasteiger partial charge in [0.25, 0.3) is 0 Å². The molecule has 1 aromatic carbocycles. The maximum Gasteiger partial charge on any atom is 0.0372 e. The molecule has 0 saturated carbocycles. The summed E-state index contributed by atoms with van der Waals surface area (Å²) < 4.78 is 0. The van der Waals surface area contributed by atoms with Crippen LogP contribution in [0.4, 0.5) is 5.69 Å². The third-order valence-electron chi connectivity index (χ3n) is 4.87. The first-order chi connectivity index (χ1) is 9.72. The highest BCUT2D eigenvalue weighted by Crippen LogP contribution is 2.25. The predicted molar refractivity (Wildman–Crippen MR) is 85.3 cm³/mol. The summed E-state index contributed by atoms with van der Waals surface area (Å²) in [6, 6.07) is 9.50. The number of benzene rings is 1. The average Bonchev–Trinajstić information content (AvgIpc) is 2.84. The Bertz CT molecular complexity index is 446. The number of hydrogen-bond acceptors (Lipinski definition) is 3. The largest absolute Gasteiger partial charge is 0.384 e. The van der Waals surface area contributed by atoms with Crippen molar-refractivity contribution in [1.82, 2.24) is 9.80 Å². The Balaban J connectivity index is 1.51. The zero-order valence-electron chi connectivity index (χ0n) is 12.8. The Labute approximate surface area is 123 Å². The van der Waals surface area contributed by atoms with E-state index in [1.807, 2.05) is 0 Å². The van der Waals surface area contributed by atoms with Crippen molar-refractivity contribution < 1.29 is 0 Å². The fourth-order valence-corrected chi connectivity index (χ4v) is 3.72. The highest BCUT2D eigenvalue weighted by Gasteiger charge is 2.24. The van der Waals surface area contributed by atoms with Crippen LogP contribution in [-0.4, -0.2) is 56.1 Å². The van der Waals surface area contributed by atoms with Crippen LogP contribution in [0, 0.1) is 5.92 Å². The molecule has 2 atom stereocenters. The second-order valence-corrected chi connectivity index (χ2v) is 6.61. The first-order valence-electron chi connectivity index (χ1n) is 7.93. The van der Waals surface area contributed by atoms with Crippen LogP contribution in [0.1, 0.15) is 18.4 Å². The van der Waals surface area contributed by atoms with Crippen molar-refractivity contribution >= 4 is 5.69 Å². The van der Waals surface area contributed by atoms with E-state index in [1.165, 1.54) is 50.1 Å². The fourth-order valence-electron chi connectivity index (χ4n) is 3.72. The van der Waals surface area contributed by atoms with Gasteiger partial charge in [-0.05, 0) is 57.5 Å². The van der Waals surface area contributed by atoms with Crippen LogP contribution in [0.15, 0.2) is 24.3 Å². The molecule has 1 N–H and O–H groups in total. The molecular weight excluding hydrogens is 246 g/mol. The van der Waals surface area contributed by atoms with Crippen molar-refractivity contribution in [3.05, 3.63) is 29.8 Å². The normalized spacial score (nSPS) is 26.6. The summed E-state index contributed by atoms with van der Waals surface area (Å²) in [4.78, 5) is 5.05. The summed E-state index contributed by atoms with van der Waals surface area (Å²) in [5.74, 6) is 0.738. The zero-order valence-corrected chi connectivity index (χ0v) is 12.8. The Morgan fingerprint density at radius 2 is 2.15 bits per heavy atom. The van der Waals surface area contributed by atoms with Gasteiger partial charge >= 0.3 is 0 Å². The van der Waals surface area contributed by atoms with Crippen LogP contribution in [-0.2, 0) is 6.42 Å². The molecule has 3 heteroatoms. The third kappa shape index (κ3) is 3.15. The molecule has 1 aromatic rings. The highest BCUT2D eigenvalue weighted by atomic mass is 15.2. The van der Waals surface area contributed by atoms with Gasteiger partial charge in [-0.25, -0.2) is 0 Å². The van der Waals surface area contributed by atoms with Crippen LogP contribution in [0.3, 0.4) is 0 Å².